The standard InChI is InChI=1S/C31H29FN2O5S/c1-5-7-13-34-27-16-24(21-9-8-10-22(15-21)39-40(32,36)37)28(38-18-19(3)4)17-25(27)30(35)29-23-12-11-20(6-2)14-26(23)33-31(29)34/h2,8-12,14-17,19,33H,5,7,13,18H2,1,3-4H3. The zero-order valence-electron chi connectivity index (χ0n) is 22.5. The van der Waals surface area contributed by atoms with Crippen molar-refractivity contribution >= 4 is 43.3 Å². The highest BCUT2D eigenvalue weighted by Gasteiger charge is 2.20. The van der Waals surface area contributed by atoms with E-state index in [1.54, 1.807) is 18.2 Å². The van der Waals surface area contributed by atoms with Crippen LogP contribution >= 0.6 is 0 Å². The topological polar surface area (TPSA) is 90.4 Å². The molecule has 0 aliphatic carbocycles. The van der Waals surface area contributed by atoms with E-state index in [-0.39, 0.29) is 17.1 Å². The van der Waals surface area contributed by atoms with Crippen LogP contribution in [0.25, 0.3) is 44.0 Å². The summed E-state index contributed by atoms with van der Waals surface area (Å²) in [7, 11) is -5.20. The fourth-order valence-electron chi connectivity index (χ4n) is 4.91. The van der Waals surface area contributed by atoms with Crippen molar-refractivity contribution in [3.05, 3.63) is 70.4 Å². The molecular formula is C31H29FN2O5S. The molecular weight excluding hydrogens is 531 g/mol. The van der Waals surface area contributed by atoms with Crippen LogP contribution in [0.4, 0.5) is 3.89 Å². The number of fused-ring (bicyclic) bond motifs is 4. The summed E-state index contributed by atoms with van der Waals surface area (Å²) >= 11 is 0. The Morgan fingerprint density at radius 3 is 2.60 bits per heavy atom. The molecule has 0 bridgehead atoms. The van der Waals surface area contributed by atoms with Gasteiger partial charge >= 0.3 is 10.5 Å². The molecule has 0 aliphatic heterocycles. The first-order valence-corrected chi connectivity index (χ1v) is 14.4. The van der Waals surface area contributed by atoms with Gasteiger partial charge in [0.15, 0.2) is 5.43 Å². The predicted octanol–water partition coefficient (Wildman–Crippen LogP) is 6.71. The zero-order valence-corrected chi connectivity index (χ0v) is 23.3. The number of aryl methyl sites for hydroxylation is 1. The predicted molar refractivity (Wildman–Crippen MR) is 157 cm³/mol. The second kappa shape index (κ2) is 10.7. The first-order valence-electron chi connectivity index (χ1n) is 13.1. The monoisotopic (exact) mass is 560 g/mol. The van der Waals surface area contributed by atoms with Crippen LogP contribution < -0.4 is 14.3 Å². The average molecular weight is 561 g/mol. The lowest BCUT2D eigenvalue weighted by molar-refractivity contribution is 0.272. The van der Waals surface area contributed by atoms with Crippen molar-refractivity contribution in [3.63, 3.8) is 0 Å². The molecule has 0 saturated carbocycles. The third-order valence-corrected chi connectivity index (χ3v) is 7.12. The summed E-state index contributed by atoms with van der Waals surface area (Å²) in [5.74, 6) is 3.13. The van der Waals surface area contributed by atoms with E-state index in [1.807, 2.05) is 38.1 Å². The van der Waals surface area contributed by atoms with Crippen LogP contribution in [-0.4, -0.2) is 24.6 Å². The van der Waals surface area contributed by atoms with Crippen LogP contribution in [-0.2, 0) is 17.0 Å². The van der Waals surface area contributed by atoms with Crippen molar-refractivity contribution in [1.29, 1.82) is 0 Å². The van der Waals surface area contributed by atoms with Gasteiger partial charge < -0.3 is 18.5 Å². The number of ether oxygens (including phenoxy) is 1. The van der Waals surface area contributed by atoms with Crippen LogP contribution in [0.3, 0.4) is 0 Å². The average Bonchev–Trinajstić information content (AvgIpc) is 3.29. The van der Waals surface area contributed by atoms with Crippen molar-refractivity contribution in [2.45, 2.75) is 40.2 Å². The number of hydrogen-bond acceptors (Lipinski definition) is 5. The second-order valence-electron chi connectivity index (χ2n) is 10.2. The van der Waals surface area contributed by atoms with Crippen molar-refractivity contribution in [3.8, 4) is 35.0 Å². The molecule has 5 aromatic rings. The van der Waals surface area contributed by atoms with Gasteiger partial charge in [0.05, 0.1) is 22.9 Å². The highest BCUT2D eigenvalue weighted by molar-refractivity contribution is 7.81. The fraction of sp³-hybridized carbons (Fsp3) is 0.258. The summed E-state index contributed by atoms with van der Waals surface area (Å²) in [6, 6.07) is 15.3. The van der Waals surface area contributed by atoms with E-state index in [0.29, 0.717) is 57.5 Å². The molecule has 0 saturated heterocycles. The van der Waals surface area contributed by atoms with E-state index < -0.39 is 10.5 Å². The van der Waals surface area contributed by atoms with Gasteiger partial charge in [0.1, 0.15) is 17.1 Å². The Morgan fingerprint density at radius 2 is 1.90 bits per heavy atom. The third kappa shape index (κ3) is 5.27. The molecule has 5 rings (SSSR count). The fourth-order valence-corrected chi connectivity index (χ4v) is 5.25. The van der Waals surface area contributed by atoms with Crippen LogP contribution in [0.2, 0.25) is 0 Å². The van der Waals surface area contributed by atoms with Crippen LogP contribution in [0.5, 0.6) is 11.5 Å². The van der Waals surface area contributed by atoms with Gasteiger partial charge in [0.25, 0.3) is 0 Å². The summed E-state index contributed by atoms with van der Waals surface area (Å²) in [6.07, 6.45) is 7.43. The molecule has 1 N–H and O–H groups in total. The quantitative estimate of drug-likeness (QED) is 0.160. The lowest BCUT2D eigenvalue weighted by atomic mass is 10.00. The van der Waals surface area contributed by atoms with Crippen molar-refractivity contribution in [1.82, 2.24) is 9.55 Å². The maximum Gasteiger partial charge on any atom is 0.488 e. The van der Waals surface area contributed by atoms with Gasteiger partial charge in [-0.15, -0.1) is 6.42 Å². The molecule has 0 atom stereocenters. The molecule has 0 unspecified atom stereocenters. The van der Waals surface area contributed by atoms with E-state index in [0.717, 1.165) is 23.7 Å². The lowest BCUT2D eigenvalue weighted by Gasteiger charge is -2.18. The van der Waals surface area contributed by atoms with Crippen molar-refractivity contribution in [2.24, 2.45) is 5.92 Å². The molecule has 2 aromatic heterocycles. The van der Waals surface area contributed by atoms with Gasteiger partial charge in [-0.25, -0.2) is 0 Å². The zero-order chi connectivity index (χ0) is 28.6. The van der Waals surface area contributed by atoms with Gasteiger partial charge in [0.2, 0.25) is 0 Å². The van der Waals surface area contributed by atoms with Gasteiger partial charge in [-0.1, -0.05) is 55.2 Å². The molecule has 0 spiro atoms. The maximum atomic E-state index is 14.0. The van der Waals surface area contributed by atoms with Crippen LogP contribution in [0.1, 0.15) is 39.2 Å². The number of halogens is 1. The number of nitrogens with zero attached hydrogens (tertiary/aromatic N) is 1. The number of pyridine rings is 1. The van der Waals surface area contributed by atoms with Gasteiger partial charge in [-0.3, -0.25) is 4.79 Å². The number of aromatic nitrogens is 2. The first-order chi connectivity index (χ1) is 19.1. The van der Waals surface area contributed by atoms with E-state index in [2.05, 4.69) is 26.6 Å². The molecule has 206 valence electrons. The minimum atomic E-state index is -5.20. The molecule has 0 fully saturated rings. The number of benzene rings is 3. The number of terminal acetylenes is 1. The summed E-state index contributed by atoms with van der Waals surface area (Å²) in [5, 5.41) is 1.86. The Hall–Kier alpha value is -4.29. The number of rotatable bonds is 9. The Balaban J connectivity index is 1.85. The Morgan fingerprint density at radius 1 is 1.10 bits per heavy atom. The largest absolute Gasteiger partial charge is 0.493 e. The number of H-pyrrole nitrogens is 1. The molecule has 3 aromatic carbocycles. The molecule has 9 heteroatoms. The van der Waals surface area contributed by atoms with Crippen molar-refractivity contribution in [2.75, 3.05) is 6.61 Å². The number of nitrogens with one attached hydrogen (secondary N) is 1. The van der Waals surface area contributed by atoms with E-state index in [1.165, 1.54) is 12.1 Å². The maximum absolute atomic E-state index is 14.0. The lowest BCUT2D eigenvalue weighted by Crippen LogP contribution is -2.13. The molecule has 0 amide bonds. The van der Waals surface area contributed by atoms with Crippen molar-refractivity contribution < 1.29 is 21.2 Å². The number of aromatic amines is 1. The Kier molecular flexibility index (Phi) is 7.30. The minimum absolute atomic E-state index is 0.140. The van der Waals surface area contributed by atoms with Gasteiger partial charge in [-0.2, -0.15) is 8.42 Å². The molecule has 7 nitrogen and oxygen atoms in total. The summed E-state index contributed by atoms with van der Waals surface area (Å²) in [5.41, 5.74) is 3.89. The van der Waals surface area contributed by atoms with E-state index in [9.17, 15) is 17.1 Å². The first kappa shape index (κ1) is 27.3. The molecule has 40 heavy (non-hydrogen) atoms. The van der Waals surface area contributed by atoms with E-state index in [4.69, 9.17) is 11.2 Å². The van der Waals surface area contributed by atoms with Gasteiger partial charge in [-0.05, 0) is 54.3 Å². The molecule has 0 radical (unpaired) electrons. The normalized spacial score (nSPS) is 11.9. The Labute approximate surface area is 232 Å². The van der Waals surface area contributed by atoms with Crippen LogP contribution in [0, 0.1) is 18.3 Å². The summed E-state index contributed by atoms with van der Waals surface area (Å²) in [4.78, 5) is 17.5. The summed E-state index contributed by atoms with van der Waals surface area (Å²) in [6.45, 7) is 7.16. The molecule has 0 aliphatic rings. The van der Waals surface area contributed by atoms with Gasteiger partial charge in [0, 0.05) is 28.6 Å². The molecule has 2 heterocycles. The highest BCUT2D eigenvalue weighted by atomic mass is 32.3. The van der Waals surface area contributed by atoms with Crippen LogP contribution in [0.15, 0.2) is 59.4 Å². The minimum Gasteiger partial charge on any atom is -0.493 e. The third-order valence-electron chi connectivity index (χ3n) is 6.72. The number of unbranched alkanes of at least 4 members (excludes halogenated alkanes) is 1. The summed E-state index contributed by atoms with van der Waals surface area (Å²) < 4.78 is 48.3. The highest BCUT2D eigenvalue weighted by Crippen LogP contribution is 2.37. The SMILES string of the molecule is C#Cc1ccc2c(c1)[nH]c1c2c(=O)c2cc(OCC(C)C)c(-c3cccc(OS(=O)(=O)F)c3)cc2n1CCCC. The smallest absolute Gasteiger partial charge is 0.488 e. The second-order valence-corrected chi connectivity index (χ2v) is 11.1. The Bertz CT molecular complexity index is 1970. The number of hydrogen-bond donors (Lipinski definition) is 1. The van der Waals surface area contributed by atoms with E-state index >= 15 is 0 Å².